The molecule has 2 saturated heterocycles. The summed E-state index contributed by atoms with van der Waals surface area (Å²) in [7, 11) is 0. The molecule has 0 radical (unpaired) electrons. The van der Waals surface area contributed by atoms with Crippen LogP contribution in [0.4, 0.5) is 0 Å². The molecule has 0 aromatic rings. The van der Waals surface area contributed by atoms with E-state index in [1.54, 1.807) is 0 Å². The minimum Gasteiger partial charge on any atom is -0.343 e. The van der Waals surface area contributed by atoms with Crippen LogP contribution in [0.3, 0.4) is 0 Å². The largest absolute Gasteiger partial charge is 0.343 e. The van der Waals surface area contributed by atoms with Crippen LogP contribution in [0.1, 0.15) is 44.9 Å². The van der Waals surface area contributed by atoms with E-state index in [1.165, 1.54) is 0 Å². The van der Waals surface area contributed by atoms with E-state index in [9.17, 15) is 9.59 Å². The molecule has 2 fully saturated rings. The molecule has 0 aromatic heterocycles. The number of carbonyl (C=O) groups is 2. The fraction of sp³-hybridized carbons (Fsp3) is 0.846. The van der Waals surface area contributed by atoms with Crippen molar-refractivity contribution in [3.63, 3.8) is 0 Å². The number of nitrogens with zero attached hydrogens (tertiary/aromatic N) is 2. The highest BCUT2D eigenvalue weighted by Gasteiger charge is 2.20. The summed E-state index contributed by atoms with van der Waals surface area (Å²) in [5, 5.41) is 0. The van der Waals surface area contributed by atoms with Crippen LogP contribution in [0, 0.1) is 0 Å². The van der Waals surface area contributed by atoms with Crippen molar-refractivity contribution >= 4 is 11.8 Å². The number of hydrogen-bond donors (Lipinski definition) is 0. The van der Waals surface area contributed by atoms with Crippen molar-refractivity contribution in [2.24, 2.45) is 0 Å². The topological polar surface area (TPSA) is 40.6 Å². The monoisotopic (exact) mass is 238 g/mol. The van der Waals surface area contributed by atoms with E-state index in [2.05, 4.69) is 0 Å². The van der Waals surface area contributed by atoms with Crippen LogP contribution >= 0.6 is 0 Å². The number of rotatable bonds is 6. The lowest BCUT2D eigenvalue weighted by Gasteiger charge is -2.17. The van der Waals surface area contributed by atoms with Crippen LogP contribution in [-0.2, 0) is 9.59 Å². The lowest BCUT2D eigenvalue weighted by Crippen LogP contribution is -2.27. The first-order valence-corrected chi connectivity index (χ1v) is 6.83. The fourth-order valence-corrected chi connectivity index (χ4v) is 2.66. The first-order chi connectivity index (χ1) is 8.27. The predicted molar refractivity (Wildman–Crippen MR) is 65.5 cm³/mol. The fourth-order valence-electron chi connectivity index (χ4n) is 2.66. The van der Waals surface area contributed by atoms with Gasteiger partial charge in [0, 0.05) is 39.0 Å². The molecule has 2 amide bonds. The van der Waals surface area contributed by atoms with Crippen LogP contribution in [0.5, 0.6) is 0 Å². The van der Waals surface area contributed by atoms with E-state index in [0.29, 0.717) is 11.8 Å². The maximum atomic E-state index is 11.4. The molecule has 0 unspecified atom stereocenters. The molecule has 0 spiro atoms. The molecule has 4 heteroatoms. The Labute approximate surface area is 103 Å². The van der Waals surface area contributed by atoms with Gasteiger partial charge in [-0.3, -0.25) is 9.59 Å². The Morgan fingerprint density at radius 3 is 1.59 bits per heavy atom. The lowest BCUT2D eigenvalue weighted by molar-refractivity contribution is -0.128. The minimum atomic E-state index is 0.319. The van der Waals surface area contributed by atoms with Crippen molar-refractivity contribution < 1.29 is 9.59 Å². The molecule has 4 nitrogen and oxygen atoms in total. The second kappa shape index (κ2) is 6.03. The van der Waals surface area contributed by atoms with Crippen molar-refractivity contribution in [3.8, 4) is 0 Å². The Balaban J connectivity index is 1.51. The Morgan fingerprint density at radius 1 is 0.765 bits per heavy atom. The quantitative estimate of drug-likeness (QED) is 0.656. The van der Waals surface area contributed by atoms with E-state index in [0.717, 1.165) is 71.1 Å². The number of hydrogen-bond acceptors (Lipinski definition) is 2. The molecule has 2 aliphatic heterocycles. The second-order valence-corrected chi connectivity index (χ2v) is 5.03. The van der Waals surface area contributed by atoms with Crippen LogP contribution in [0.25, 0.3) is 0 Å². The Morgan fingerprint density at radius 2 is 1.24 bits per heavy atom. The van der Waals surface area contributed by atoms with Crippen molar-refractivity contribution in [1.29, 1.82) is 0 Å². The number of unbranched alkanes of at least 4 members (excludes halogenated alkanes) is 2. The number of carbonyl (C=O) groups excluding carboxylic acids is 2. The van der Waals surface area contributed by atoms with Crippen molar-refractivity contribution in [1.82, 2.24) is 9.80 Å². The molecule has 0 N–H and O–H groups in total. The van der Waals surface area contributed by atoms with E-state index >= 15 is 0 Å². The van der Waals surface area contributed by atoms with Crippen LogP contribution in [-0.4, -0.2) is 47.8 Å². The van der Waals surface area contributed by atoms with Gasteiger partial charge < -0.3 is 9.80 Å². The van der Waals surface area contributed by atoms with Gasteiger partial charge in [-0.1, -0.05) is 0 Å². The summed E-state index contributed by atoms with van der Waals surface area (Å²) in [6.07, 6.45) is 6.81. The predicted octanol–water partition coefficient (Wildman–Crippen LogP) is 1.40. The molecular formula is C13H22N2O2. The molecule has 0 bridgehead atoms. The second-order valence-electron chi connectivity index (χ2n) is 5.03. The summed E-state index contributed by atoms with van der Waals surface area (Å²) >= 11 is 0. The van der Waals surface area contributed by atoms with Gasteiger partial charge in [-0.2, -0.15) is 0 Å². The van der Waals surface area contributed by atoms with Gasteiger partial charge in [0.05, 0.1) is 0 Å². The summed E-state index contributed by atoms with van der Waals surface area (Å²) in [5.74, 6) is 0.638. The molecular weight excluding hydrogens is 216 g/mol. The lowest BCUT2D eigenvalue weighted by atomic mass is 10.2. The third-order valence-electron chi connectivity index (χ3n) is 3.70. The summed E-state index contributed by atoms with van der Waals surface area (Å²) in [4.78, 5) is 26.7. The van der Waals surface area contributed by atoms with Gasteiger partial charge in [0.15, 0.2) is 0 Å². The SMILES string of the molecule is O=C1CCCN1CCCCCN1CCCC1=O. The van der Waals surface area contributed by atoms with Crippen molar-refractivity contribution in [3.05, 3.63) is 0 Å². The standard InChI is InChI=1S/C13H22N2O2/c16-12-6-4-10-14(12)8-2-1-3-9-15-11-5-7-13(15)17/h1-11H2. The van der Waals surface area contributed by atoms with Gasteiger partial charge in [0.2, 0.25) is 11.8 Å². The van der Waals surface area contributed by atoms with E-state index < -0.39 is 0 Å². The highest BCUT2D eigenvalue weighted by atomic mass is 16.2. The average molecular weight is 238 g/mol. The highest BCUT2D eigenvalue weighted by molar-refractivity contribution is 5.78. The zero-order valence-electron chi connectivity index (χ0n) is 10.5. The summed E-state index contributed by atoms with van der Waals surface area (Å²) in [5.41, 5.74) is 0. The first kappa shape index (κ1) is 12.4. The molecule has 0 aromatic carbocycles. The van der Waals surface area contributed by atoms with Gasteiger partial charge in [-0.05, 0) is 32.1 Å². The maximum absolute atomic E-state index is 11.4. The molecule has 0 aliphatic carbocycles. The highest BCUT2D eigenvalue weighted by Crippen LogP contribution is 2.13. The van der Waals surface area contributed by atoms with Gasteiger partial charge in [0.1, 0.15) is 0 Å². The summed E-state index contributed by atoms with van der Waals surface area (Å²) in [6, 6.07) is 0. The van der Waals surface area contributed by atoms with E-state index in [-0.39, 0.29) is 0 Å². The number of likely N-dealkylation sites (tertiary alicyclic amines) is 2. The minimum absolute atomic E-state index is 0.319. The van der Waals surface area contributed by atoms with Gasteiger partial charge in [-0.15, -0.1) is 0 Å². The molecule has 17 heavy (non-hydrogen) atoms. The van der Waals surface area contributed by atoms with Gasteiger partial charge in [0.25, 0.3) is 0 Å². The molecule has 96 valence electrons. The zero-order valence-corrected chi connectivity index (χ0v) is 10.5. The van der Waals surface area contributed by atoms with Crippen molar-refractivity contribution in [2.75, 3.05) is 26.2 Å². The third-order valence-corrected chi connectivity index (χ3v) is 3.70. The van der Waals surface area contributed by atoms with Crippen molar-refractivity contribution in [2.45, 2.75) is 44.9 Å². The number of amides is 2. The van der Waals surface area contributed by atoms with E-state index in [4.69, 9.17) is 0 Å². The third kappa shape index (κ3) is 3.45. The van der Waals surface area contributed by atoms with Crippen LogP contribution in [0.15, 0.2) is 0 Å². The Kier molecular flexibility index (Phi) is 4.40. The van der Waals surface area contributed by atoms with Gasteiger partial charge >= 0.3 is 0 Å². The smallest absolute Gasteiger partial charge is 0.222 e. The van der Waals surface area contributed by atoms with Gasteiger partial charge in [-0.25, -0.2) is 0 Å². The molecule has 2 rings (SSSR count). The molecule has 0 atom stereocenters. The maximum Gasteiger partial charge on any atom is 0.222 e. The molecule has 0 saturated carbocycles. The summed E-state index contributed by atoms with van der Waals surface area (Å²) < 4.78 is 0. The molecule has 2 aliphatic rings. The Hall–Kier alpha value is -1.06. The average Bonchev–Trinajstić information content (AvgIpc) is 2.89. The molecule has 2 heterocycles. The zero-order chi connectivity index (χ0) is 12.1. The van der Waals surface area contributed by atoms with Crippen LogP contribution < -0.4 is 0 Å². The Bertz CT molecular complexity index is 263. The van der Waals surface area contributed by atoms with Crippen LogP contribution in [0.2, 0.25) is 0 Å². The normalized spacial score (nSPS) is 20.7. The summed E-state index contributed by atoms with van der Waals surface area (Å²) in [6.45, 7) is 3.71. The first-order valence-electron chi connectivity index (χ1n) is 6.83. The van der Waals surface area contributed by atoms with E-state index in [1.807, 2.05) is 9.80 Å².